The van der Waals surface area contributed by atoms with Crippen LogP contribution in [0.15, 0.2) is 24.3 Å². The van der Waals surface area contributed by atoms with E-state index in [9.17, 15) is 0 Å². The first-order chi connectivity index (χ1) is 9.90. The second-order valence-corrected chi connectivity index (χ2v) is 7.81. The van der Waals surface area contributed by atoms with Crippen LogP contribution >= 0.6 is 24.2 Å². The van der Waals surface area contributed by atoms with Crippen LogP contribution in [0.4, 0.5) is 5.69 Å². The fraction of sp³-hybridized carbons (Fsp3) is 0.647. The van der Waals surface area contributed by atoms with Gasteiger partial charge in [0.25, 0.3) is 0 Å². The van der Waals surface area contributed by atoms with Gasteiger partial charge in [0.05, 0.1) is 0 Å². The Hall–Kier alpha value is -0.380. The molecule has 0 bridgehead atoms. The van der Waals surface area contributed by atoms with Gasteiger partial charge in [-0.1, -0.05) is 32.4 Å². The molecule has 1 aromatic carbocycles. The third-order valence-electron chi connectivity index (χ3n) is 4.49. The van der Waals surface area contributed by atoms with Crippen LogP contribution < -0.4 is 4.90 Å². The number of anilines is 1. The van der Waals surface area contributed by atoms with Crippen molar-refractivity contribution in [3.63, 3.8) is 0 Å². The molecule has 0 aliphatic carbocycles. The lowest BCUT2D eigenvalue weighted by Crippen LogP contribution is -2.49. The molecule has 0 saturated carbocycles. The minimum absolute atomic E-state index is 0.328. The number of rotatable bonds is 4. The summed E-state index contributed by atoms with van der Waals surface area (Å²) in [6.07, 6.45) is 0. The lowest BCUT2D eigenvalue weighted by Gasteiger charge is -2.40. The van der Waals surface area contributed by atoms with Gasteiger partial charge in [-0.15, -0.1) is 0 Å². The third-order valence-corrected chi connectivity index (χ3v) is 5.18. The van der Waals surface area contributed by atoms with Crippen LogP contribution in [-0.2, 0) is 0 Å². The summed E-state index contributed by atoms with van der Waals surface area (Å²) in [5.74, 6) is 1.60. The summed E-state index contributed by atoms with van der Waals surface area (Å²) < 4.78 is 0. The SMILES string of the molecule is CC(C)(C)C(CS)CN1CCN(c2ccc(Cl)cc2)CC1. The van der Waals surface area contributed by atoms with Gasteiger partial charge in [-0.2, -0.15) is 12.6 Å². The smallest absolute Gasteiger partial charge is 0.0407 e. The van der Waals surface area contributed by atoms with E-state index in [0.717, 1.165) is 43.5 Å². The molecule has 1 saturated heterocycles. The Bertz CT molecular complexity index is 433. The summed E-state index contributed by atoms with van der Waals surface area (Å²) in [6.45, 7) is 12.5. The zero-order chi connectivity index (χ0) is 15.5. The lowest BCUT2D eigenvalue weighted by molar-refractivity contribution is 0.159. The molecule has 2 nitrogen and oxygen atoms in total. The molecule has 0 aromatic heterocycles. The Balaban J connectivity index is 1.87. The Labute approximate surface area is 139 Å². The van der Waals surface area contributed by atoms with Crippen LogP contribution in [0.2, 0.25) is 5.02 Å². The van der Waals surface area contributed by atoms with Crippen molar-refractivity contribution in [2.45, 2.75) is 20.8 Å². The van der Waals surface area contributed by atoms with Gasteiger partial charge in [-0.25, -0.2) is 0 Å². The second-order valence-electron chi connectivity index (χ2n) is 7.01. The highest BCUT2D eigenvalue weighted by atomic mass is 35.5. The van der Waals surface area contributed by atoms with Crippen molar-refractivity contribution in [3.05, 3.63) is 29.3 Å². The van der Waals surface area contributed by atoms with Crippen molar-refractivity contribution in [2.24, 2.45) is 11.3 Å². The lowest BCUT2D eigenvalue weighted by atomic mass is 9.81. The van der Waals surface area contributed by atoms with Crippen LogP contribution in [0, 0.1) is 11.3 Å². The predicted octanol–water partition coefficient (Wildman–Crippen LogP) is 4.05. The monoisotopic (exact) mass is 326 g/mol. The van der Waals surface area contributed by atoms with E-state index in [1.807, 2.05) is 12.1 Å². The van der Waals surface area contributed by atoms with E-state index >= 15 is 0 Å². The zero-order valence-corrected chi connectivity index (χ0v) is 15.0. The molecule has 2 rings (SSSR count). The average molecular weight is 327 g/mol. The first kappa shape index (κ1) is 17.0. The molecule has 118 valence electrons. The van der Waals surface area contributed by atoms with Gasteiger partial charge in [-0.05, 0) is 41.4 Å². The number of nitrogens with zero attached hydrogens (tertiary/aromatic N) is 2. The van der Waals surface area contributed by atoms with E-state index in [1.54, 1.807) is 0 Å². The topological polar surface area (TPSA) is 6.48 Å². The molecule has 1 heterocycles. The molecule has 1 aliphatic heterocycles. The first-order valence-electron chi connectivity index (χ1n) is 7.74. The molecule has 1 atom stereocenters. The minimum atomic E-state index is 0.328. The van der Waals surface area contributed by atoms with Crippen molar-refractivity contribution < 1.29 is 0 Å². The normalized spacial score (nSPS) is 18.8. The molecule has 0 amide bonds. The number of halogens is 1. The van der Waals surface area contributed by atoms with E-state index in [2.05, 4.69) is 55.3 Å². The van der Waals surface area contributed by atoms with Gasteiger partial charge in [-0.3, -0.25) is 4.90 Å². The highest BCUT2D eigenvalue weighted by Gasteiger charge is 2.27. The molecule has 1 aromatic rings. The summed E-state index contributed by atoms with van der Waals surface area (Å²) in [4.78, 5) is 5.03. The van der Waals surface area contributed by atoms with Crippen LogP contribution in [-0.4, -0.2) is 43.4 Å². The average Bonchev–Trinajstić information content (AvgIpc) is 2.45. The van der Waals surface area contributed by atoms with Gasteiger partial charge in [0.2, 0.25) is 0 Å². The quantitative estimate of drug-likeness (QED) is 0.834. The molecule has 0 N–H and O–H groups in total. The highest BCUT2D eigenvalue weighted by molar-refractivity contribution is 7.80. The van der Waals surface area contributed by atoms with Crippen molar-refractivity contribution in [2.75, 3.05) is 43.4 Å². The number of hydrogen-bond acceptors (Lipinski definition) is 3. The molecular formula is C17H27ClN2S. The molecule has 21 heavy (non-hydrogen) atoms. The van der Waals surface area contributed by atoms with E-state index < -0.39 is 0 Å². The number of thiol groups is 1. The van der Waals surface area contributed by atoms with Gasteiger partial charge in [0.15, 0.2) is 0 Å². The summed E-state index contributed by atoms with van der Waals surface area (Å²) in [7, 11) is 0. The first-order valence-corrected chi connectivity index (χ1v) is 8.75. The van der Waals surface area contributed by atoms with E-state index in [0.29, 0.717) is 11.3 Å². The van der Waals surface area contributed by atoms with Crippen molar-refractivity contribution in [1.29, 1.82) is 0 Å². The third kappa shape index (κ3) is 4.80. The predicted molar refractivity (Wildman–Crippen MR) is 96.9 cm³/mol. The van der Waals surface area contributed by atoms with Gasteiger partial charge < -0.3 is 4.90 Å². The maximum atomic E-state index is 5.96. The number of benzene rings is 1. The fourth-order valence-electron chi connectivity index (χ4n) is 2.76. The van der Waals surface area contributed by atoms with Gasteiger partial charge >= 0.3 is 0 Å². The molecule has 1 aliphatic rings. The van der Waals surface area contributed by atoms with Gasteiger partial charge in [0, 0.05) is 43.4 Å². The molecule has 4 heteroatoms. The Kier molecular flexibility index (Phi) is 5.87. The second kappa shape index (κ2) is 7.26. The maximum absolute atomic E-state index is 5.96. The number of piperazine rings is 1. The van der Waals surface area contributed by atoms with Crippen LogP contribution in [0.1, 0.15) is 20.8 Å². The van der Waals surface area contributed by atoms with E-state index in [4.69, 9.17) is 11.6 Å². The van der Waals surface area contributed by atoms with Crippen LogP contribution in [0.25, 0.3) is 0 Å². The van der Waals surface area contributed by atoms with E-state index in [1.165, 1.54) is 5.69 Å². The highest BCUT2D eigenvalue weighted by Crippen LogP contribution is 2.28. The zero-order valence-electron chi connectivity index (χ0n) is 13.3. The Morgan fingerprint density at radius 2 is 1.67 bits per heavy atom. The standard InChI is InChI=1S/C17H27ClN2S/c1-17(2,3)14(13-21)12-19-8-10-20(11-9-19)16-6-4-15(18)5-7-16/h4-7,14,21H,8-13H2,1-3H3. The number of hydrogen-bond donors (Lipinski definition) is 1. The summed E-state index contributed by atoms with van der Waals surface area (Å²) in [5, 5.41) is 0.805. The maximum Gasteiger partial charge on any atom is 0.0407 e. The van der Waals surface area contributed by atoms with E-state index in [-0.39, 0.29) is 0 Å². The molecule has 1 unspecified atom stereocenters. The van der Waals surface area contributed by atoms with Crippen LogP contribution in [0.3, 0.4) is 0 Å². The molecule has 0 spiro atoms. The molecule has 0 radical (unpaired) electrons. The minimum Gasteiger partial charge on any atom is -0.369 e. The summed E-state index contributed by atoms with van der Waals surface area (Å²) in [5.41, 5.74) is 1.61. The van der Waals surface area contributed by atoms with Crippen molar-refractivity contribution in [1.82, 2.24) is 4.90 Å². The fourth-order valence-corrected chi connectivity index (χ4v) is 3.55. The van der Waals surface area contributed by atoms with Gasteiger partial charge in [0.1, 0.15) is 0 Å². The van der Waals surface area contributed by atoms with Crippen molar-refractivity contribution in [3.8, 4) is 0 Å². The van der Waals surface area contributed by atoms with Crippen LogP contribution in [0.5, 0.6) is 0 Å². The summed E-state index contributed by atoms with van der Waals surface area (Å²) >= 11 is 10.5. The van der Waals surface area contributed by atoms with Crippen molar-refractivity contribution >= 4 is 29.9 Å². The molecular weight excluding hydrogens is 300 g/mol. The summed E-state index contributed by atoms with van der Waals surface area (Å²) in [6, 6.07) is 8.17. The Morgan fingerprint density at radius 3 is 2.14 bits per heavy atom. The Morgan fingerprint density at radius 1 is 1.10 bits per heavy atom. The largest absolute Gasteiger partial charge is 0.369 e. The molecule has 1 fully saturated rings.